The summed E-state index contributed by atoms with van der Waals surface area (Å²) >= 11 is 0. The lowest BCUT2D eigenvalue weighted by molar-refractivity contribution is 0.392. The van der Waals surface area contributed by atoms with Gasteiger partial charge in [-0.15, -0.1) is 0 Å². The van der Waals surface area contributed by atoms with E-state index in [1.165, 1.54) is 28.2 Å². The summed E-state index contributed by atoms with van der Waals surface area (Å²) < 4.78 is 41.1. The maximum absolute atomic E-state index is 13.9. The SMILES string of the molecule is COc1ccc(-c2ccc(=O)n(-c3c(C)noc3C)n2)cc1S(=O)(=O)N1c2ccccc2CC1C. The van der Waals surface area contributed by atoms with Crippen LogP contribution in [0.15, 0.2) is 68.8 Å². The Morgan fingerprint density at radius 1 is 1.09 bits per heavy atom. The predicted molar refractivity (Wildman–Crippen MR) is 131 cm³/mol. The van der Waals surface area contributed by atoms with Crippen LogP contribution in [0.3, 0.4) is 0 Å². The third kappa shape index (κ3) is 3.70. The van der Waals surface area contributed by atoms with Crippen molar-refractivity contribution in [2.45, 2.75) is 38.1 Å². The summed E-state index contributed by atoms with van der Waals surface area (Å²) in [5.74, 6) is 0.679. The molecule has 180 valence electrons. The summed E-state index contributed by atoms with van der Waals surface area (Å²) in [6, 6.07) is 15.0. The number of rotatable bonds is 5. The number of benzene rings is 2. The molecule has 2 aromatic carbocycles. The molecule has 3 heterocycles. The van der Waals surface area contributed by atoms with E-state index in [4.69, 9.17) is 9.26 Å². The quantitative estimate of drug-likeness (QED) is 0.418. The molecule has 9 nitrogen and oxygen atoms in total. The van der Waals surface area contributed by atoms with Crippen molar-refractivity contribution in [3.63, 3.8) is 0 Å². The van der Waals surface area contributed by atoms with Gasteiger partial charge in [-0.3, -0.25) is 9.10 Å². The van der Waals surface area contributed by atoms with Gasteiger partial charge in [-0.1, -0.05) is 23.4 Å². The van der Waals surface area contributed by atoms with Crippen molar-refractivity contribution in [2.75, 3.05) is 11.4 Å². The van der Waals surface area contributed by atoms with Crippen LogP contribution in [0.5, 0.6) is 5.75 Å². The maximum atomic E-state index is 13.9. The number of aromatic nitrogens is 3. The third-order valence-corrected chi connectivity index (χ3v) is 8.10. The lowest BCUT2D eigenvalue weighted by atomic mass is 10.1. The van der Waals surface area contributed by atoms with Crippen LogP contribution in [-0.2, 0) is 16.4 Å². The van der Waals surface area contributed by atoms with E-state index in [9.17, 15) is 13.2 Å². The molecule has 1 unspecified atom stereocenters. The van der Waals surface area contributed by atoms with Gasteiger partial charge in [-0.2, -0.15) is 9.78 Å². The van der Waals surface area contributed by atoms with Crippen LogP contribution in [0.1, 0.15) is 23.9 Å². The van der Waals surface area contributed by atoms with Gasteiger partial charge in [-0.25, -0.2) is 8.42 Å². The molecule has 0 N–H and O–H groups in total. The number of hydrogen-bond donors (Lipinski definition) is 0. The second-order valence-corrected chi connectivity index (χ2v) is 10.3. The molecule has 5 rings (SSSR count). The first-order chi connectivity index (χ1) is 16.7. The number of sulfonamides is 1. The predicted octanol–water partition coefficient (Wildman–Crippen LogP) is 3.65. The average Bonchev–Trinajstić information content (AvgIpc) is 3.36. The second-order valence-electron chi connectivity index (χ2n) is 8.49. The number of fused-ring (bicyclic) bond motifs is 1. The van der Waals surface area contributed by atoms with Gasteiger partial charge in [0.05, 0.1) is 18.5 Å². The van der Waals surface area contributed by atoms with Crippen molar-refractivity contribution in [2.24, 2.45) is 0 Å². The Morgan fingerprint density at radius 3 is 2.57 bits per heavy atom. The van der Waals surface area contributed by atoms with Crippen molar-refractivity contribution in [3.8, 4) is 22.7 Å². The molecule has 1 aliphatic rings. The molecule has 1 aliphatic heterocycles. The van der Waals surface area contributed by atoms with Gasteiger partial charge in [0, 0.05) is 17.7 Å². The fourth-order valence-electron chi connectivity index (χ4n) is 4.55. The molecule has 10 heteroatoms. The Kier molecular flexibility index (Phi) is 5.47. The van der Waals surface area contributed by atoms with Gasteiger partial charge >= 0.3 is 0 Å². The number of aryl methyl sites for hydroxylation is 2. The highest BCUT2D eigenvalue weighted by Crippen LogP contribution is 2.39. The van der Waals surface area contributed by atoms with Crippen LogP contribution >= 0.6 is 0 Å². The van der Waals surface area contributed by atoms with Crippen LogP contribution in [0.25, 0.3) is 16.9 Å². The number of methoxy groups -OCH3 is 1. The molecule has 1 atom stereocenters. The standard InChI is InChI=1S/C25H24N4O5S/c1-15-13-19-7-5-6-8-21(19)29(15)35(31,32)23-14-18(9-11-22(23)33-4)20-10-12-24(30)28(26-20)25-16(2)27-34-17(25)3/h5-12,14-15H,13H2,1-4H3. The Hall–Kier alpha value is -3.92. The first-order valence-electron chi connectivity index (χ1n) is 11.1. The van der Waals surface area contributed by atoms with Crippen LogP contribution in [-0.4, -0.2) is 36.5 Å². The van der Waals surface area contributed by atoms with E-state index < -0.39 is 10.0 Å². The summed E-state index contributed by atoms with van der Waals surface area (Å²) in [6.07, 6.45) is 0.626. The van der Waals surface area contributed by atoms with Crippen molar-refractivity contribution in [3.05, 3.63) is 82.0 Å². The van der Waals surface area contributed by atoms with E-state index in [-0.39, 0.29) is 22.2 Å². The highest BCUT2D eigenvalue weighted by molar-refractivity contribution is 7.93. The molecule has 4 aromatic rings. The number of anilines is 1. The van der Waals surface area contributed by atoms with Crippen molar-refractivity contribution in [1.82, 2.24) is 14.9 Å². The van der Waals surface area contributed by atoms with Crippen LogP contribution in [0, 0.1) is 13.8 Å². The number of nitrogens with zero attached hydrogens (tertiary/aromatic N) is 4. The van der Waals surface area contributed by atoms with E-state index in [0.29, 0.717) is 40.5 Å². The summed E-state index contributed by atoms with van der Waals surface area (Å²) in [5.41, 5.74) is 3.20. The maximum Gasteiger partial charge on any atom is 0.271 e. The Labute approximate surface area is 202 Å². The molecule has 0 spiro atoms. The first kappa shape index (κ1) is 22.9. The van der Waals surface area contributed by atoms with Gasteiger partial charge in [0.15, 0.2) is 5.76 Å². The molecule has 0 amide bonds. The molecule has 0 saturated carbocycles. The molecule has 35 heavy (non-hydrogen) atoms. The lowest BCUT2D eigenvalue weighted by Gasteiger charge is -2.25. The van der Waals surface area contributed by atoms with Crippen molar-refractivity contribution < 1.29 is 17.7 Å². The minimum Gasteiger partial charge on any atom is -0.495 e. The molecule has 2 aromatic heterocycles. The van der Waals surface area contributed by atoms with E-state index in [1.54, 1.807) is 32.0 Å². The molecule has 0 fully saturated rings. The molecule has 0 bridgehead atoms. The normalized spacial score (nSPS) is 15.3. The van der Waals surface area contributed by atoms with Crippen molar-refractivity contribution in [1.29, 1.82) is 0 Å². The van der Waals surface area contributed by atoms with Gasteiger partial charge < -0.3 is 9.26 Å². The highest BCUT2D eigenvalue weighted by Gasteiger charge is 2.37. The molecular formula is C25H24N4O5S. The van der Waals surface area contributed by atoms with Gasteiger partial charge in [-0.05, 0) is 63.1 Å². The van der Waals surface area contributed by atoms with E-state index in [0.717, 1.165) is 5.56 Å². The first-order valence-corrected chi connectivity index (χ1v) is 12.5. The fraction of sp³-hybridized carbons (Fsp3) is 0.240. The molecular weight excluding hydrogens is 468 g/mol. The topological polar surface area (TPSA) is 108 Å². The largest absolute Gasteiger partial charge is 0.495 e. The van der Waals surface area contributed by atoms with Crippen molar-refractivity contribution >= 4 is 15.7 Å². The molecule has 0 radical (unpaired) electrons. The van der Waals surface area contributed by atoms with E-state index >= 15 is 0 Å². The summed E-state index contributed by atoms with van der Waals surface area (Å²) in [6.45, 7) is 5.30. The monoisotopic (exact) mass is 492 g/mol. The van der Waals surface area contributed by atoms with E-state index in [2.05, 4.69) is 10.3 Å². The smallest absolute Gasteiger partial charge is 0.271 e. The summed E-state index contributed by atoms with van der Waals surface area (Å²) in [5, 5.41) is 8.39. The minimum atomic E-state index is -3.96. The van der Waals surface area contributed by atoms with Crippen LogP contribution < -0.4 is 14.6 Å². The Balaban J connectivity index is 1.65. The fourth-order valence-corrected chi connectivity index (χ4v) is 6.43. The van der Waals surface area contributed by atoms with Gasteiger partial charge in [0.2, 0.25) is 0 Å². The van der Waals surface area contributed by atoms with Crippen LogP contribution in [0.4, 0.5) is 5.69 Å². The number of hydrogen-bond acceptors (Lipinski definition) is 7. The number of para-hydroxylation sites is 1. The molecule has 0 saturated heterocycles. The third-order valence-electron chi connectivity index (χ3n) is 6.15. The molecule has 0 aliphatic carbocycles. The Bertz CT molecular complexity index is 1590. The van der Waals surface area contributed by atoms with Gasteiger partial charge in [0.25, 0.3) is 15.6 Å². The zero-order chi connectivity index (χ0) is 24.9. The van der Waals surface area contributed by atoms with E-state index in [1.807, 2.05) is 31.2 Å². The Morgan fingerprint density at radius 2 is 1.86 bits per heavy atom. The average molecular weight is 493 g/mol. The van der Waals surface area contributed by atoms with Crippen LogP contribution in [0.2, 0.25) is 0 Å². The highest BCUT2D eigenvalue weighted by atomic mass is 32.2. The minimum absolute atomic E-state index is 0.0259. The lowest BCUT2D eigenvalue weighted by Crippen LogP contribution is -2.36. The summed E-state index contributed by atoms with van der Waals surface area (Å²) in [4.78, 5) is 12.6. The summed E-state index contributed by atoms with van der Waals surface area (Å²) in [7, 11) is -2.53. The van der Waals surface area contributed by atoms with Gasteiger partial charge in [0.1, 0.15) is 22.0 Å². The second kappa shape index (κ2) is 8.38. The number of ether oxygens (including phenoxy) is 1. The zero-order valence-corrected chi connectivity index (χ0v) is 20.5. The zero-order valence-electron chi connectivity index (χ0n) is 19.7.